The van der Waals surface area contributed by atoms with E-state index in [2.05, 4.69) is 20.5 Å². The summed E-state index contributed by atoms with van der Waals surface area (Å²) in [6.45, 7) is 0. The fourth-order valence-electron chi connectivity index (χ4n) is 1.61. The molecule has 2 aromatic heterocycles. The van der Waals surface area contributed by atoms with Crippen LogP contribution in [0.2, 0.25) is 0 Å². The number of ether oxygens (including phenoxy) is 2. The number of fused-ring (bicyclic) bond motifs is 1. The maximum Gasteiger partial charge on any atom is 0.242 e. The van der Waals surface area contributed by atoms with Gasteiger partial charge in [-0.25, -0.2) is 0 Å². The third-order valence-corrected chi connectivity index (χ3v) is 2.48. The quantitative estimate of drug-likeness (QED) is 0.696. The van der Waals surface area contributed by atoms with E-state index in [1.807, 2.05) is 0 Å². The number of tetrazole rings is 1. The molecule has 0 aliphatic carbocycles. The van der Waals surface area contributed by atoms with Gasteiger partial charge in [0.25, 0.3) is 0 Å². The predicted molar refractivity (Wildman–Crippen MR) is 66.1 cm³/mol. The van der Waals surface area contributed by atoms with Crippen LogP contribution in [-0.2, 0) is 0 Å². The minimum atomic E-state index is 0.367. The molecule has 96 valence electrons. The van der Waals surface area contributed by atoms with Gasteiger partial charge < -0.3 is 15.2 Å². The van der Waals surface area contributed by atoms with Crippen LogP contribution in [0.5, 0.6) is 17.4 Å². The number of benzene rings is 1. The summed E-state index contributed by atoms with van der Waals surface area (Å²) in [6, 6.07) is 5.10. The summed E-state index contributed by atoms with van der Waals surface area (Å²) in [5.74, 6) is 1.39. The Labute approximate surface area is 107 Å². The second-order valence-electron chi connectivity index (χ2n) is 3.71. The van der Waals surface area contributed by atoms with Crippen LogP contribution < -0.4 is 15.2 Å². The monoisotopic (exact) mass is 258 g/mol. The summed E-state index contributed by atoms with van der Waals surface area (Å²) in [5, 5.41) is 11.1. The van der Waals surface area contributed by atoms with E-state index in [-0.39, 0.29) is 0 Å². The third-order valence-electron chi connectivity index (χ3n) is 2.48. The summed E-state index contributed by atoms with van der Waals surface area (Å²) >= 11 is 0. The zero-order chi connectivity index (χ0) is 13.2. The summed E-state index contributed by atoms with van der Waals surface area (Å²) in [7, 11) is 1.55. The molecular formula is C11H10N6O2. The Hall–Kier alpha value is -2.90. The Morgan fingerprint density at radius 2 is 2.11 bits per heavy atom. The summed E-state index contributed by atoms with van der Waals surface area (Å²) in [6.07, 6.45) is 3.04. The van der Waals surface area contributed by atoms with E-state index in [0.29, 0.717) is 28.7 Å². The lowest BCUT2D eigenvalue weighted by atomic mass is 10.3. The SMILES string of the molecule is COc1ccc(N)cc1Oc1cncc2nnnn12. The number of hydrogen-bond donors (Lipinski definition) is 1. The zero-order valence-electron chi connectivity index (χ0n) is 10.0. The van der Waals surface area contributed by atoms with Crippen LogP contribution >= 0.6 is 0 Å². The molecule has 0 unspecified atom stereocenters. The summed E-state index contributed by atoms with van der Waals surface area (Å²) < 4.78 is 12.3. The molecule has 0 amide bonds. The fraction of sp³-hybridized carbons (Fsp3) is 0.0909. The summed E-state index contributed by atoms with van der Waals surface area (Å²) in [4.78, 5) is 4.00. The van der Waals surface area contributed by atoms with Gasteiger partial charge in [0, 0.05) is 11.8 Å². The molecule has 1 aromatic carbocycles. The lowest BCUT2D eigenvalue weighted by Crippen LogP contribution is -1.99. The van der Waals surface area contributed by atoms with E-state index in [4.69, 9.17) is 15.2 Å². The Kier molecular flexibility index (Phi) is 2.60. The van der Waals surface area contributed by atoms with Crippen molar-refractivity contribution < 1.29 is 9.47 Å². The van der Waals surface area contributed by atoms with Gasteiger partial charge in [-0.1, -0.05) is 0 Å². The van der Waals surface area contributed by atoms with Crippen molar-refractivity contribution in [1.82, 2.24) is 25.0 Å². The Balaban J connectivity index is 2.05. The molecule has 2 heterocycles. The standard InChI is InChI=1S/C11H10N6O2/c1-18-8-3-2-7(12)4-9(8)19-11-6-13-5-10-14-15-16-17(10)11/h2-6H,12H2,1H3. The highest BCUT2D eigenvalue weighted by Gasteiger charge is 2.10. The molecule has 0 bridgehead atoms. The highest BCUT2D eigenvalue weighted by Crippen LogP contribution is 2.32. The van der Waals surface area contributed by atoms with Gasteiger partial charge in [0.05, 0.1) is 19.5 Å². The van der Waals surface area contributed by atoms with Crippen molar-refractivity contribution in [3.63, 3.8) is 0 Å². The van der Waals surface area contributed by atoms with Crippen LogP contribution in [0.15, 0.2) is 30.6 Å². The number of methoxy groups -OCH3 is 1. The van der Waals surface area contributed by atoms with E-state index in [1.54, 1.807) is 25.3 Å². The number of rotatable bonds is 3. The molecule has 19 heavy (non-hydrogen) atoms. The smallest absolute Gasteiger partial charge is 0.242 e. The number of anilines is 1. The second kappa shape index (κ2) is 4.41. The van der Waals surface area contributed by atoms with E-state index < -0.39 is 0 Å². The van der Waals surface area contributed by atoms with Crippen LogP contribution in [0, 0.1) is 0 Å². The van der Waals surface area contributed by atoms with Gasteiger partial charge in [0.15, 0.2) is 11.5 Å². The van der Waals surface area contributed by atoms with E-state index in [0.717, 1.165) is 0 Å². The molecular weight excluding hydrogens is 248 g/mol. The van der Waals surface area contributed by atoms with E-state index in [1.165, 1.54) is 16.9 Å². The predicted octanol–water partition coefficient (Wildman–Crippen LogP) is 0.902. The molecule has 0 saturated carbocycles. The molecule has 3 rings (SSSR count). The van der Waals surface area contributed by atoms with Crippen molar-refractivity contribution >= 4 is 11.3 Å². The molecule has 0 aliphatic heterocycles. The van der Waals surface area contributed by atoms with Gasteiger partial charge in [0.1, 0.15) is 0 Å². The first-order valence-corrected chi connectivity index (χ1v) is 5.41. The average Bonchev–Trinajstić information content (AvgIpc) is 2.88. The molecule has 8 nitrogen and oxygen atoms in total. The van der Waals surface area contributed by atoms with Crippen molar-refractivity contribution in [2.45, 2.75) is 0 Å². The second-order valence-corrected chi connectivity index (χ2v) is 3.71. The van der Waals surface area contributed by atoms with Crippen LogP contribution in [0.25, 0.3) is 5.65 Å². The molecule has 0 aliphatic rings. The van der Waals surface area contributed by atoms with Gasteiger partial charge in [-0.2, -0.15) is 4.52 Å². The Bertz CT molecular complexity index is 726. The third kappa shape index (κ3) is 1.99. The van der Waals surface area contributed by atoms with Gasteiger partial charge in [-0.3, -0.25) is 4.98 Å². The van der Waals surface area contributed by atoms with E-state index >= 15 is 0 Å². The molecule has 3 aromatic rings. The first-order chi connectivity index (χ1) is 9.28. The minimum Gasteiger partial charge on any atom is -0.493 e. The van der Waals surface area contributed by atoms with Gasteiger partial charge in [-0.15, -0.1) is 5.10 Å². The number of nitrogens with zero attached hydrogens (tertiary/aromatic N) is 5. The molecule has 0 radical (unpaired) electrons. The summed E-state index contributed by atoms with van der Waals surface area (Å²) in [5.41, 5.74) is 6.78. The fourth-order valence-corrected chi connectivity index (χ4v) is 1.61. The highest BCUT2D eigenvalue weighted by atomic mass is 16.5. The lowest BCUT2D eigenvalue weighted by molar-refractivity contribution is 0.369. The molecule has 0 spiro atoms. The molecule has 0 fully saturated rings. The van der Waals surface area contributed by atoms with Crippen molar-refractivity contribution in [2.75, 3.05) is 12.8 Å². The average molecular weight is 258 g/mol. The van der Waals surface area contributed by atoms with Crippen LogP contribution in [0.4, 0.5) is 5.69 Å². The largest absolute Gasteiger partial charge is 0.493 e. The van der Waals surface area contributed by atoms with Gasteiger partial charge in [-0.05, 0) is 22.6 Å². The van der Waals surface area contributed by atoms with Crippen molar-refractivity contribution in [2.24, 2.45) is 0 Å². The topological polar surface area (TPSA) is 100 Å². The van der Waals surface area contributed by atoms with Gasteiger partial charge in [0.2, 0.25) is 11.5 Å². The Morgan fingerprint density at radius 3 is 2.95 bits per heavy atom. The number of aromatic nitrogens is 5. The van der Waals surface area contributed by atoms with Crippen LogP contribution in [-0.4, -0.2) is 32.1 Å². The molecule has 8 heteroatoms. The Morgan fingerprint density at radius 1 is 1.21 bits per heavy atom. The molecule has 0 saturated heterocycles. The van der Waals surface area contributed by atoms with Crippen molar-refractivity contribution in [1.29, 1.82) is 0 Å². The highest BCUT2D eigenvalue weighted by molar-refractivity contribution is 5.53. The number of nitrogen functional groups attached to an aromatic ring is 1. The molecule has 2 N–H and O–H groups in total. The first-order valence-electron chi connectivity index (χ1n) is 5.41. The molecule has 0 atom stereocenters. The lowest BCUT2D eigenvalue weighted by Gasteiger charge is -2.10. The van der Waals surface area contributed by atoms with Crippen LogP contribution in [0.3, 0.4) is 0 Å². The zero-order valence-corrected chi connectivity index (χ0v) is 10.0. The normalized spacial score (nSPS) is 10.6. The van der Waals surface area contributed by atoms with Crippen molar-refractivity contribution in [3.05, 3.63) is 30.6 Å². The maximum atomic E-state index is 5.73. The number of nitrogens with two attached hydrogens (primary N) is 1. The number of hydrogen-bond acceptors (Lipinski definition) is 7. The van der Waals surface area contributed by atoms with Gasteiger partial charge >= 0.3 is 0 Å². The minimum absolute atomic E-state index is 0.367. The first kappa shape index (κ1) is 11.2. The van der Waals surface area contributed by atoms with Crippen molar-refractivity contribution in [3.8, 4) is 17.4 Å². The van der Waals surface area contributed by atoms with Crippen LogP contribution in [0.1, 0.15) is 0 Å². The van der Waals surface area contributed by atoms with E-state index in [9.17, 15) is 0 Å². The maximum absolute atomic E-state index is 5.73.